The van der Waals surface area contributed by atoms with E-state index < -0.39 is 23.4 Å². The third-order valence-electron chi connectivity index (χ3n) is 3.67. The predicted octanol–water partition coefficient (Wildman–Crippen LogP) is 3.08. The van der Waals surface area contributed by atoms with Gasteiger partial charge in [0, 0.05) is 17.8 Å². The summed E-state index contributed by atoms with van der Waals surface area (Å²) in [5, 5.41) is 13.1. The number of anilines is 1. The van der Waals surface area contributed by atoms with Crippen LogP contribution in [0.4, 0.5) is 11.4 Å². The van der Waals surface area contributed by atoms with Crippen LogP contribution in [0.2, 0.25) is 0 Å². The molecule has 0 bridgehead atoms. The molecule has 0 aliphatic carbocycles. The Labute approximate surface area is 156 Å². The van der Waals surface area contributed by atoms with Crippen LogP contribution in [0.3, 0.4) is 0 Å². The summed E-state index contributed by atoms with van der Waals surface area (Å²) in [6.45, 7) is 4.96. The number of benzene rings is 2. The highest BCUT2D eigenvalue weighted by atomic mass is 16.6. The zero-order chi connectivity index (χ0) is 20.0. The third-order valence-corrected chi connectivity index (χ3v) is 3.67. The molecule has 0 aliphatic heterocycles. The second kappa shape index (κ2) is 8.79. The number of aryl methyl sites for hydroxylation is 3. The van der Waals surface area contributed by atoms with Gasteiger partial charge in [-0.05, 0) is 44.0 Å². The van der Waals surface area contributed by atoms with Gasteiger partial charge in [-0.1, -0.05) is 17.7 Å². The fraction of sp³-hybridized carbons (Fsp3) is 0.263. The average molecular weight is 372 g/mol. The van der Waals surface area contributed by atoms with E-state index in [-0.39, 0.29) is 12.3 Å². The minimum absolute atomic E-state index is 0.0849. The van der Waals surface area contributed by atoms with E-state index in [2.05, 4.69) is 5.32 Å². The molecule has 1 N–H and O–H groups in total. The van der Waals surface area contributed by atoms with Crippen molar-refractivity contribution in [3.63, 3.8) is 0 Å². The van der Waals surface area contributed by atoms with Gasteiger partial charge in [-0.25, -0.2) is 4.79 Å². The van der Waals surface area contributed by atoms with Gasteiger partial charge in [0.15, 0.2) is 13.2 Å². The van der Waals surface area contributed by atoms with Crippen molar-refractivity contribution in [3.05, 3.63) is 63.2 Å². The number of amides is 1. The fourth-order valence-electron chi connectivity index (χ4n) is 2.58. The Morgan fingerprint density at radius 2 is 1.63 bits per heavy atom. The minimum atomic E-state index is -0.673. The normalized spacial score (nSPS) is 10.2. The standard InChI is InChI=1S/C19H20N2O6/c1-12-8-13(2)19(14(3)9-12)27-11-18(23)26-10-17(22)20-15-4-6-16(7-5-15)21(24)25/h4-9H,10-11H2,1-3H3,(H,20,22). The molecule has 0 saturated heterocycles. The number of nitro benzene ring substituents is 1. The summed E-state index contributed by atoms with van der Waals surface area (Å²) in [5.41, 5.74) is 3.21. The van der Waals surface area contributed by atoms with E-state index in [0.29, 0.717) is 11.4 Å². The van der Waals surface area contributed by atoms with Crippen LogP contribution >= 0.6 is 0 Å². The lowest BCUT2D eigenvalue weighted by molar-refractivity contribution is -0.384. The summed E-state index contributed by atoms with van der Waals surface area (Å²) < 4.78 is 10.4. The number of carbonyl (C=O) groups excluding carboxylic acids is 2. The molecule has 0 unspecified atom stereocenters. The van der Waals surface area contributed by atoms with Crippen molar-refractivity contribution >= 4 is 23.3 Å². The minimum Gasteiger partial charge on any atom is -0.481 e. The molecule has 0 spiro atoms. The number of nitrogens with zero attached hydrogens (tertiary/aromatic N) is 1. The highest BCUT2D eigenvalue weighted by Gasteiger charge is 2.12. The predicted molar refractivity (Wildman–Crippen MR) is 98.8 cm³/mol. The molecule has 8 nitrogen and oxygen atoms in total. The number of rotatable bonds is 7. The molecule has 27 heavy (non-hydrogen) atoms. The molecule has 1 amide bonds. The van der Waals surface area contributed by atoms with Crippen LogP contribution in [-0.4, -0.2) is 30.0 Å². The SMILES string of the molecule is Cc1cc(C)c(OCC(=O)OCC(=O)Nc2ccc([N+](=O)[O-])cc2)c(C)c1. The number of carbonyl (C=O) groups is 2. The van der Waals surface area contributed by atoms with Gasteiger partial charge in [-0.15, -0.1) is 0 Å². The van der Waals surface area contributed by atoms with Gasteiger partial charge in [0.25, 0.3) is 11.6 Å². The molecule has 0 heterocycles. The lowest BCUT2D eigenvalue weighted by Crippen LogP contribution is -2.23. The lowest BCUT2D eigenvalue weighted by Gasteiger charge is -2.12. The Hall–Kier alpha value is -3.42. The molecular formula is C19H20N2O6. The molecule has 2 aromatic rings. The number of nitro groups is 1. The number of non-ortho nitro benzene ring substituents is 1. The highest BCUT2D eigenvalue weighted by molar-refractivity contribution is 5.92. The first-order valence-corrected chi connectivity index (χ1v) is 8.17. The molecule has 0 aromatic heterocycles. The maximum atomic E-state index is 11.8. The van der Waals surface area contributed by atoms with Crippen molar-refractivity contribution < 1.29 is 24.0 Å². The van der Waals surface area contributed by atoms with E-state index in [1.165, 1.54) is 24.3 Å². The van der Waals surface area contributed by atoms with Crippen LogP contribution in [0.25, 0.3) is 0 Å². The van der Waals surface area contributed by atoms with Gasteiger partial charge >= 0.3 is 5.97 Å². The summed E-state index contributed by atoms with van der Waals surface area (Å²) >= 11 is 0. The van der Waals surface area contributed by atoms with E-state index in [0.717, 1.165) is 16.7 Å². The molecule has 2 rings (SSSR count). The van der Waals surface area contributed by atoms with Crippen LogP contribution in [0.1, 0.15) is 16.7 Å². The average Bonchev–Trinajstić information content (AvgIpc) is 2.59. The van der Waals surface area contributed by atoms with Crippen molar-refractivity contribution in [1.82, 2.24) is 0 Å². The monoisotopic (exact) mass is 372 g/mol. The van der Waals surface area contributed by atoms with E-state index in [4.69, 9.17) is 9.47 Å². The van der Waals surface area contributed by atoms with E-state index >= 15 is 0 Å². The van der Waals surface area contributed by atoms with E-state index in [1.54, 1.807) is 0 Å². The van der Waals surface area contributed by atoms with E-state index in [1.807, 2.05) is 32.9 Å². The Morgan fingerprint density at radius 3 is 2.19 bits per heavy atom. The number of esters is 1. The van der Waals surface area contributed by atoms with Crippen molar-refractivity contribution in [2.75, 3.05) is 18.5 Å². The molecule has 0 aliphatic rings. The Bertz CT molecular complexity index is 838. The van der Waals surface area contributed by atoms with Crippen LogP contribution in [-0.2, 0) is 14.3 Å². The second-order valence-corrected chi connectivity index (χ2v) is 6.03. The molecule has 8 heteroatoms. The maximum Gasteiger partial charge on any atom is 0.344 e. The van der Waals surface area contributed by atoms with Crippen LogP contribution in [0.15, 0.2) is 36.4 Å². The fourth-order valence-corrected chi connectivity index (χ4v) is 2.58. The molecule has 0 atom stereocenters. The van der Waals surface area contributed by atoms with Crippen molar-refractivity contribution in [1.29, 1.82) is 0 Å². The summed E-state index contributed by atoms with van der Waals surface area (Å²) in [5.74, 6) is -0.610. The molecule has 0 saturated carbocycles. The summed E-state index contributed by atoms with van der Waals surface area (Å²) in [7, 11) is 0. The number of ether oxygens (including phenoxy) is 2. The maximum absolute atomic E-state index is 11.8. The first-order valence-electron chi connectivity index (χ1n) is 8.17. The summed E-state index contributed by atoms with van der Waals surface area (Å²) in [6, 6.07) is 9.22. The van der Waals surface area contributed by atoms with Crippen molar-refractivity contribution in [2.24, 2.45) is 0 Å². The quantitative estimate of drug-likeness (QED) is 0.455. The van der Waals surface area contributed by atoms with Gasteiger partial charge in [-0.3, -0.25) is 14.9 Å². The van der Waals surface area contributed by atoms with Gasteiger partial charge in [-0.2, -0.15) is 0 Å². The zero-order valence-electron chi connectivity index (χ0n) is 15.3. The number of nitrogens with one attached hydrogen (secondary N) is 1. The first-order chi connectivity index (χ1) is 12.8. The van der Waals surface area contributed by atoms with Crippen molar-refractivity contribution in [2.45, 2.75) is 20.8 Å². The summed E-state index contributed by atoms with van der Waals surface area (Å²) in [6.07, 6.45) is 0. The first kappa shape index (κ1) is 19.9. The lowest BCUT2D eigenvalue weighted by atomic mass is 10.1. The number of hydrogen-bond donors (Lipinski definition) is 1. The Morgan fingerprint density at radius 1 is 1.04 bits per heavy atom. The molecule has 0 radical (unpaired) electrons. The Balaban J connectivity index is 1.80. The van der Waals surface area contributed by atoms with Crippen molar-refractivity contribution in [3.8, 4) is 5.75 Å². The molecule has 142 valence electrons. The molecule has 2 aromatic carbocycles. The van der Waals surface area contributed by atoms with Gasteiger partial charge in [0.05, 0.1) is 4.92 Å². The second-order valence-electron chi connectivity index (χ2n) is 6.03. The number of hydrogen-bond acceptors (Lipinski definition) is 6. The molecular weight excluding hydrogens is 352 g/mol. The topological polar surface area (TPSA) is 108 Å². The Kier molecular flexibility index (Phi) is 6.48. The van der Waals surface area contributed by atoms with Gasteiger partial charge in [0.1, 0.15) is 5.75 Å². The van der Waals surface area contributed by atoms with Crippen LogP contribution in [0.5, 0.6) is 5.75 Å². The summed E-state index contributed by atoms with van der Waals surface area (Å²) in [4.78, 5) is 33.6. The zero-order valence-corrected chi connectivity index (χ0v) is 15.3. The van der Waals surface area contributed by atoms with E-state index in [9.17, 15) is 19.7 Å². The largest absolute Gasteiger partial charge is 0.481 e. The third kappa shape index (κ3) is 5.81. The smallest absolute Gasteiger partial charge is 0.344 e. The molecule has 0 fully saturated rings. The van der Waals surface area contributed by atoms with Crippen LogP contribution < -0.4 is 10.1 Å². The van der Waals surface area contributed by atoms with Gasteiger partial charge in [0.2, 0.25) is 0 Å². The van der Waals surface area contributed by atoms with Gasteiger partial charge < -0.3 is 14.8 Å². The highest BCUT2D eigenvalue weighted by Crippen LogP contribution is 2.24. The van der Waals surface area contributed by atoms with Crippen LogP contribution in [0, 0.1) is 30.9 Å².